The predicted molar refractivity (Wildman–Crippen MR) is 146 cm³/mol. The van der Waals surface area contributed by atoms with E-state index in [1.54, 1.807) is 4.90 Å². The van der Waals surface area contributed by atoms with E-state index in [0.29, 0.717) is 37.4 Å². The summed E-state index contributed by atoms with van der Waals surface area (Å²) in [5.74, 6) is -1.88. The van der Waals surface area contributed by atoms with Crippen LogP contribution >= 0.6 is 11.6 Å². The van der Waals surface area contributed by atoms with Gasteiger partial charge < -0.3 is 24.5 Å². The molecule has 1 amide bonds. The summed E-state index contributed by atoms with van der Waals surface area (Å²) in [5, 5.41) is 10.6. The highest BCUT2D eigenvalue weighted by atomic mass is 35.5. The number of piperidine rings is 1. The quantitative estimate of drug-likeness (QED) is 0.442. The van der Waals surface area contributed by atoms with Crippen molar-refractivity contribution >= 4 is 34.2 Å². The van der Waals surface area contributed by atoms with Crippen LogP contribution in [0.15, 0.2) is 36.9 Å². The SMILES string of the molecule is C=CC(=O)N1CCN(c2nc(OC3CCN(CC)CC3)nc3c(F)c(-c4c(O)cccc4F)c(Cl)cc23)CC1. The number of rotatable bonds is 6. The van der Waals surface area contributed by atoms with Crippen molar-refractivity contribution in [2.24, 2.45) is 0 Å². The largest absolute Gasteiger partial charge is 0.507 e. The molecule has 5 rings (SSSR count). The maximum atomic E-state index is 16.2. The van der Waals surface area contributed by atoms with E-state index in [9.17, 15) is 14.3 Å². The van der Waals surface area contributed by atoms with E-state index in [1.807, 2.05) is 4.90 Å². The molecule has 2 saturated heterocycles. The zero-order valence-corrected chi connectivity index (χ0v) is 22.4. The molecule has 11 heteroatoms. The van der Waals surface area contributed by atoms with Crippen molar-refractivity contribution in [3.8, 4) is 22.9 Å². The number of amides is 1. The molecule has 3 aromatic rings. The Hall–Kier alpha value is -3.50. The fourth-order valence-corrected chi connectivity index (χ4v) is 5.49. The van der Waals surface area contributed by atoms with Crippen LogP contribution in [0.3, 0.4) is 0 Å². The topological polar surface area (TPSA) is 82.0 Å². The first kappa shape index (κ1) is 27.1. The van der Waals surface area contributed by atoms with E-state index in [0.717, 1.165) is 38.5 Å². The molecule has 8 nitrogen and oxygen atoms in total. The Morgan fingerprint density at radius 1 is 1.15 bits per heavy atom. The number of benzene rings is 2. The van der Waals surface area contributed by atoms with E-state index in [4.69, 9.17) is 16.3 Å². The molecule has 0 aliphatic carbocycles. The lowest BCUT2D eigenvalue weighted by Gasteiger charge is -2.35. The van der Waals surface area contributed by atoms with E-state index < -0.39 is 17.4 Å². The molecule has 0 saturated carbocycles. The average molecular weight is 558 g/mol. The summed E-state index contributed by atoms with van der Waals surface area (Å²) >= 11 is 6.51. The first-order chi connectivity index (χ1) is 18.8. The van der Waals surface area contributed by atoms with Gasteiger partial charge in [0.05, 0.1) is 10.6 Å². The number of piperazine rings is 1. The third-order valence-corrected chi connectivity index (χ3v) is 7.70. The number of likely N-dealkylation sites (tertiary alicyclic amines) is 1. The Labute approximate surface area is 230 Å². The lowest BCUT2D eigenvalue weighted by atomic mass is 10.0. The fraction of sp³-hybridized carbons (Fsp3) is 0.393. The molecule has 0 atom stereocenters. The summed E-state index contributed by atoms with van der Waals surface area (Å²) < 4.78 is 37.1. The van der Waals surface area contributed by atoms with E-state index >= 15 is 4.39 Å². The van der Waals surface area contributed by atoms with Gasteiger partial charge in [-0.15, -0.1) is 0 Å². The van der Waals surface area contributed by atoms with Crippen molar-refractivity contribution in [3.63, 3.8) is 0 Å². The van der Waals surface area contributed by atoms with Crippen molar-refractivity contribution in [2.45, 2.75) is 25.9 Å². The zero-order chi connectivity index (χ0) is 27.7. The smallest absolute Gasteiger partial charge is 0.319 e. The summed E-state index contributed by atoms with van der Waals surface area (Å²) in [5.41, 5.74) is -0.714. The van der Waals surface area contributed by atoms with Gasteiger partial charge in [-0.05, 0) is 43.7 Å². The lowest BCUT2D eigenvalue weighted by Crippen LogP contribution is -2.48. The minimum atomic E-state index is -0.882. The van der Waals surface area contributed by atoms with Gasteiger partial charge in [0.15, 0.2) is 5.82 Å². The third-order valence-electron chi connectivity index (χ3n) is 7.40. The van der Waals surface area contributed by atoms with Gasteiger partial charge >= 0.3 is 6.01 Å². The number of carbonyl (C=O) groups excluding carboxylic acids is 1. The second-order valence-electron chi connectivity index (χ2n) is 9.68. The molecule has 2 aliphatic rings. The molecule has 2 aromatic carbocycles. The van der Waals surface area contributed by atoms with Gasteiger partial charge in [-0.25, -0.2) is 8.78 Å². The molecule has 2 fully saturated rings. The minimum absolute atomic E-state index is 0.0157. The van der Waals surface area contributed by atoms with Crippen LogP contribution in [0, 0.1) is 11.6 Å². The maximum absolute atomic E-state index is 16.2. The number of hydrogen-bond acceptors (Lipinski definition) is 7. The van der Waals surface area contributed by atoms with Crippen LogP contribution in [0.25, 0.3) is 22.0 Å². The summed E-state index contributed by atoms with van der Waals surface area (Å²) in [4.78, 5) is 27.1. The Kier molecular flexibility index (Phi) is 7.86. The molecule has 0 unspecified atom stereocenters. The molecule has 0 bridgehead atoms. The number of phenolic OH excluding ortho intramolecular Hbond substituents is 1. The third kappa shape index (κ3) is 5.35. The molecule has 39 heavy (non-hydrogen) atoms. The van der Waals surface area contributed by atoms with E-state index in [1.165, 1.54) is 24.3 Å². The van der Waals surface area contributed by atoms with Crippen LogP contribution in [0.5, 0.6) is 11.8 Å². The monoisotopic (exact) mass is 557 g/mol. The summed E-state index contributed by atoms with van der Waals surface area (Å²) in [6.07, 6.45) is 2.71. The number of anilines is 1. The van der Waals surface area contributed by atoms with Gasteiger partial charge in [-0.1, -0.05) is 31.2 Å². The van der Waals surface area contributed by atoms with Crippen LogP contribution in [-0.2, 0) is 4.79 Å². The number of hydrogen-bond donors (Lipinski definition) is 1. The zero-order valence-electron chi connectivity index (χ0n) is 21.7. The van der Waals surface area contributed by atoms with Gasteiger partial charge in [0.2, 0.25) is 5.91 Å². The highest BCUT2D eigenvalue weighted by Crippen LogP contribution is 2.42. The molecule has 1 aromatic heterocycles. The molecule has 206 valence electrons. The molecule has 1 N–H and O–H groups in total. The number of nitrogens with zero attached hydrogens (tertiary/aromatic N) is 5. The standard InChI is InChI=1S/C28H30ClF2N5O3/c1-3-22(38)35-12-14-36(15-13-35)27-18-16-19(29)23(24-20(30)6-5-7-21(24)37)25(31)26(18)32-28(33-27)39-17-8-10-34(4-2)11-9-17/h3,5-7,16-17,37H,1,4,8-15H2,2H3. The molecule has 3 heterocycles. The first-order valence-electron chi connectivity index (χ1n) is 13.0. The molecule has 2 aliphatic heterocycles. The molecular formula is C28H30ClF2N5O3. The van der Waals surface area contributed by atoms with Gasteiger partial charge in [0, 0.05) is 50.2 Å². The Balaban J connectivity index is 1.59. The minimum Gasteiger partial charge on any atom is -0.507 e. The number of ether oxygens (including phenoxy) is 1. The number of halogens is 3. The van der Waals surface area contributed by atoms with Crippen LogP contribution in [0.4, 0.5) is 14.6 Å². The fourth-order valence-electron chi connectivity index (χ4n) is 5.20. The number of phenols is 1. The number of carbonyl (C=O) groups is 1. The second-order valence-corrected chi connectivity index (χ2v) is 10.1. The average Bonchev–Trinajstić information content (AvgIpc) is 2.94. The number of aromatic hydroxyl groups is 1. The van der Waals surface area contributed by atoms with Crippen LogP contribution in [-0.4, -0.2) is 82.7 Å². The summed E-state index contributed by atoms with van der Waals surface area (Å²) in [7, 11) is 0. The van der Waals surface area contributed by atoms with Crippen LogP contribution in [0.1, 0.15) is 19.8 Å². The Morgan fingerprint density at radius 2 is 1.87 bits per heavy atom. The van der Waals surface area contributed by atoms with Gasteiger partial charge in [0.1, 0.15) is 29.0 Å². The molecule has 0 spiro atoms. The Bertz CT molecular complexity index is 1390. The van der Waals surface area contributed by atoms with Crippen molar-refractivity contribution in [2.75, 3.05) is 50.7 Å². The van der Waals surface area contributed by atoms with Crippen molar-refractivity contribution < 1.29 is 23.4 Å². The second kappa shape index (κ2) is 11.3. The number of aromatic nitrogens is 2. The summed E-state index contributed by atoms with van der Waals surface area (Å²) in [6.45, 7) is 10.1. The lowest BCUT2D eigenvalue weighted by molar-refractivity contribution is -0.126. The molecule has 0 radical (unpaired) electrons. The Morgan fingerprint density at radius 3 is 2.51 bits per heavy atom. The van der Waals surface area contributed by atoms with Crippen LogP contribution in [0.2, 0.25) is 5.02 Å². The van der Waals surface area contributed by atoms with Gasteiger partial charge in [-0.2, -0.15) is 9.97 Å². The van der Waals surface area contributed by atoms with Crippen LogP contribution < -0.4 is 9.64 Å². The summed E-state index contributed by atoms with van der Waals surface area (Å²) in [6, 6.07) is 5.23. The normalized spacial score (nSPS) is 17.0. The van der Waals surface area contributed by atoms with E-state index in [-0.39, 0.29) is 39.7 Å². The highest BCUT2D eigenvalue weighted by molar-refractivity contribution is 6.34. The number of fused-ring (bicyclic) bond motifs is 1. The van der Waals surface area contributed by atoms with Crippen molar-refractivity contribution in [1.29, 1.82) is 0 Å². The van der Waals surface area contributed by atoms with Crippen molar-refractivity contribution in [3.05, 3.63) is 53.6 Å². The van der Waals surface area contributed by atoms with Gasteiger partial charge in [0.25, 0.3) is 0 Å². The molecular weight excluding hydrogens is 528 g/mol. The first-order valence-corrected chi connectivity index (χ1v) is 13.4. The highest BCUT2D eigenvalue weighted by Gasteiger charge is 2.28. The maximum Gasteiger partial charge on any atom is 0.319 e. The van der Waals surface area contributed by atoms with Gasteiger partial charge in [-0.3, -0.25) is 4.79 Å². The predicted octanol–water partition coefficient (Wildman–Crippen LogP) is 4.63. The van der Waals surface area contributed by atoms with E-state index in [2.05, 4.69) is 28.4 Å². The van der Waals surface area contributed by atoms with Crippen molar-refractivity contribution in [1.82, 2.24) is 19.8 Å².